The number of fused-ring (bicyclic) bond motifs is 1. The minimum Gasteiger partial charge on any atom is -0.506 e. The fourth-order valence-corrected chi connectivity index (χ4v) is 3.46. The van der Waals surface area contributed by atoms with Crippen molar-refractivity contribution in [3.8, 4) is 22.7 Å². The van der Waals surface area contributed by atoms with Crippen molar-refractivity contribution in [3.63, 3.8) is 0 Å². The third kappa shape index (κ3) is 2.46. The van der Waals surface area contributed by atoms with Gasteiger partial charge in [-0.1, -0.05) is 30.3 Å². The SMILES string of the molecule is NNc1nc(-c2c(O)c3ccccc3n(-c3ccccc3)c2=O)cs1. The van der Waals surface area contributed by atoms with Gasteiger partial charge in [-0.15, -0.1) is 11.3 Å². The van der Waals surface area contributed by atoms with Crippen molar-refractivity contribution in [3.05, 3.63) is 70.3 Å². The molecule has 0 saturated heterocycles. The number of anilines is 1. The van der Waals surface area contributed by atoms with Crippen LogP contribution < -0.4 is 16.8 Å². The summed E-state index contributed by atoms with van der Waals surface area (Å²) < 4.78 is 1.58. The summed E-state index contributed by atoms with van der Waals surface area (Å²) in [6.07, 6.45) is 0. The highest BCUT2D eigenvalue weighted by Gasteiger charge is 2.20. The molecule has 0 aliphatic rings. The Morgan fingerprint density at radius 2 is 1.80 bits per heavy atom. The van der Waals surface area contributed by atoms with E-state index in [1.807, 2.05) is 42.5 Å². The van der Waals surface area contributed by atoms with Crippen LogP contribution in [0.15, 0.2) is 64.8 Å². The smallest absolute Gasteiger partial charge is 0.268 e. The molecular formula is C18H14N4O2S. The lowest BCUT2D eigenvalue weighted by atomic mass is 10.1. The van der Waals surface area contributed by atoms with E-state index >= 15 is 0 Å². The van der Waals surface area contributed by atoms with Gasteiger partial charge in [0.2, 0.25) is 0 Å². The Balaban J connectivity index is 2.13. The van der Waals surface area contributed by atoms with E-state index in [0.717, 1.165) is 5.69 Å². The fraction of sp³-hybridized carbons (Fsp3) is 0. The standard InChI is InChI=1S/C18H14N4O2S/c19-21-18-20-13(10-25-18)15-16(23)12-8-4-5-9-14(12)22(17(15)24)11-6-2-1-3-7-11/h1-10,23H,19H2,(H,20,21). The lowest BCUT2D eigenvalue weighted by Gasteiger charge is -2.14. The number of nitrogens with one attached hydrogen (secondary N) is 1. The summed E-state index contributed by atoms with van der Waals surface area (Å²) >= 11 is 1.26. The number of hydrogen-bond acceptors (Lipinski definition) is 6. The van der Waals surface area contributed by atoms with Crippen LogP contribution in [0, 0.1) is 0 Å². The third-order valence-corrected chi connectivity index (χ3v) is 4.73. The summed E-state index contributed by atoms with van der Waals surface area (Å²) in [6.45, 7) is 0. The maximum Gasteiger partial charge on any atom is 0.268 e. The number of hydrogen-bond donors (Lipinski definition) is 3. The zero-order chi connectivity index (χ0) is 17.4. The summed E-state index contributed by atoms with van der Waals surface area (Å²) in [5.74, 6) is 5.30. The monoisotopic (exact) mass is 350 g/mol. The number of nitrogen functional groups attached to an aromatic ring is 1. The van der Waals surface area contributed by atoms with E-state index in [9.17, 15) is 9.90 Å². The molecule has 2 heterocycles. The van der Waals surface area contributed by atoms with Gasteiger partial charge in [0.05, 0.1) is 11.2 Å². The van der Waals surface area contributed by atoms with E-state index in [1.54, 1.807) is 22.1 Å². The molecule has 124 valence electrons. The number of para-hydroxylation sites is 2. The molecule has 0 fully saturated rings. The van der Waals surface area contributed by atoms with Crippen molar-refractivity contribution in [2.45, 2.75) is 0 Å². The van der Waals surface area contributed by atoms with Crippen LogP contribution in [0.5, 0.6) is 5.75 Å². The molecule has 0 aliphatic carbocycles. The van der Waals surface area contributed by atoms with E-state index in [1.165, 1.54) is 11.3 Å². The molecule has 0 amide bonds. The molecule has 6 nitrogen and oxygen atoms in total. The van der Waals surface area contributed by atoms with E-state index in [2.05, 4.69) is 10.4 Å². The van der Waals surface area contributed by atoms with Crippen molar-refractivity contribution in [2.24, 2.45) is 5.84 Å². The van der Waals surface area contributed by atoms with Crippen molar-refractivity contribution >= 4 is 27.4 Å². The maximum absolute atomic E-state index is 13.2. The first-order valence-corrected chi connectivity index (χ1v) is 8.43. The Morgan fingerprint density at radius 3 is 2.52 bits per heavy atom. The van der Waals surface area contributed by atoms with Crippen LogP contribution in [0.2, 0.25) is 0 Å². The minimum atomic E-state index is -0.337. The first-order chi connectivity index (χ1) is 12.2. The second-order valence-corrected chi connectivity index (χ2v) is 6.26. The van der Waals surface area contributed by atoms with Crippen LogP contribution in [-0.2, 0) is 0 Å². The van der Waals surface area contributed by atoms with Gasteiger partial charge in [0.25, 0.3) is 5.56 Å². The maximum atomic E-state index is 13.2. The third-order valence-electron chi connectivity index (χ3n) is 3.95. The van der Waals surface area contributed by atoms with Gasteiger partial charge in [0, 0.05) is 16.5 Å². The molecule has 4 N–H and O–H groups in total. The largest absolute Gasteiger partial charge is 0.506 e. The number of hydrazine groups is 1. The summed E-state index contributed by atoms with van der Waals surface area (Å²) in [4.78, 5) is 17.5. The lowest BCUT2D eigenvalue weighted by molar-refractivity contribution is 0.482. The summed E-state index contributed by atoms with van der Waals surface area (Å²) in [5, 5.41) is 13.5. The normalized spacial score (nSPS) is 10.9. The Bertz CT molecular complexity index is 1120. The molecule has 4 rings (SSSR count). The van der Waals surface area contributed by atoms with Gasteiger partial charge in [0.1, 0.15) is 11.3 Å². The molecule has 4 aromatic rings. The molecule has 7 heteroatoms. The molecular weight excluding hydrogens is 336 g/mol. The van der Waals surface area contributed by atoms with Gasteiger partial charge in [-0.25, -0.2) is 10.8 Å². The Hall–Kier alpha value is -3.16. The van der Waals surface area contributed by atoms with Crippen molar-refractivity contribution in [1.82, 2.24) is 9.55 Å². The number of rotatable bonds is 3. The van der Waals surface area contributed by atoms with Gasteiger partial charge in [-0.05, 0) is 24.3 Å². The topological polar surface area (TPSA) is 93.2 Å². The second-order valence-electron chi connectivity index (χ2n) is 5.40. The molecule has 0 unspecified atom stereocenters. The summed E-state index contributed by atoms with van der Waals surface area (Å²) in [5.41, 5.74) is 4.01. The molecule has 0 bridgehead atoms. The van der Waals surface area contributed by atoms with Gasteiger partial charge in [0.15, 0.2) is 5.13 Å². The van der Waals surface area contributed by atoms with E-state index in [-0.39, 0.29) is 16.9 Å². The lowest BCUT2D eigenvalue weighted by Crippen LogP contribution is -2.21. The minimum absolute atomic E-state index is 0.0818. The van der Waals surface area contributed by atoms with Crippen LogP contribution in [0.4, 0.5) is 5.13 Å². The number of aromatic hydroxyl groups is 1. The number of benzene rings is 2. The van der Waals surface area contributed by atoms with Crippen molar-refractivity contribution in [2.75, 3.05) is 5.43 Å². The zero-order valence-electron chi connectivity index (χ0n) is 13.0. The number of nitrogens with two attached hydrogens (primary N) is 1. The van der Waals surface area contributed by atoms with Gasteiger partial charge in [-0.2, -0.15) is 0 Å². The van der Waals surface area contributed by atoms with Crippen LogP contribution in [0.1, 0.15) is 0 Å². The van der Waals surface area contributed by atoms with Crippen LogP contribution >= 0.6 is 11.3 Å². The molecule has 0 radical (unpaired) electrons. The van der Waals surface area contributed by atoms with E-state index in [4.69, 9.17) is 5.84 Å². The number of aromatic nitrogens is 2. The molecule has 0 atom stereocenters. The molecule has 25 heavy (non-hydrogen) atoms. The number of thiazole rings is 1. The Labute approximate surface area is 146 Å². The average molecular weight is 350 g/mol. The predicted molar refractivity (Wildman–Crippen MR) is 100 cm³/mol. The molecule has 0 spiro atoms. The molecule has 2 aromatic carbocycles. The number of nitrogens with zero attached hydrogens (tertiary/aromatic N) is 2. The Morgan fingerprint density at radius 1 is 1.08 bits per heavy atom. The van der Waals surface area contributed by atoms with Gasteiger partial charge < -0.3 is 5.11 Å². The van der Waals surface area contributed by atoms with E-state index < -0.39 is 0 Å². The second kappa shape index (κ2) is 6.04. The molecule has 2 aromatic heterocycles. The van der Waals surface area contributed by atoms with Gasteiger partial charge in [-0.3, -0.25) is 14.8 Å². The fourth-order valence-electron chi connectivity index (χ4n) is 2.85. The summed E-state index contributed by atoms with van der Waals surface area (Å²) in [7, 11) is 0. The van der Waals surface area contributed by atoms with Gasteiger partial charge >= 0.3 is 0 Å². The quantitative estimate of drug-likeness (QED) is 0.390. The highest BCUT2D eigenvalue weighted by atomic mass is 32.1. The first-order valence-electron chi connectivity index (χ1n) is 7.55. The highest BCUT2D eigenvalue weighted by molar-refractivity contribution is 7.14. The number of pyridine rings is 1. The summed E-state index contributed by atoms with van der Waals surface area (Å²) in [6, 6.07) is 16.6. The Kier molecular flexibility index (Phi) is 3.72. The average Bonchev–Trinajstić information content (AvgIpc) is 3.12. The zero-order valence-corrected chi connectivity index (χ0v) is 13.8. The van der Waals surface area contributed by atoms with Crippen molar-refractivity contribution in [1.29, 1.82) is 0 Å². The molecule has 0 aliphatic heterocycles. The van der Waals surface area contributed by atoms with Crippen molar-refractivity contribution < 1.29 is 5.11 Å². The van der Waals surface area contributed by atoms with Crippen LogP contribution in [0.3, 0.4) is 0 Å². The van der Waals surface area contributed by atoms with E-state index in [0.29, 0.717) is 21.7 Å². The predicted octanol–water partition coefficient (Wildman–Crippen LogP) is 3.11. The van der Waals surface area contributed by atoms with Crippen LogP contribution in [0.25, 0.3) is 27.8 Å². The van der Waals surface area contributed by atoms with Crippen LogP contribution in [-0.4, -0.2) is 14.7 Å². The molecule has 0 saturated carbocycles. The first kappa shape index (κ1) is 15.4. The highest BCUT2D eigenvalue weighted by Crippen LogP contribution is 2.35.